The van der Waals surface area contributed by atoms with E-state index in [0.29, 0.717) is 0 Å². The van der Waals surface area contributed by atoms with Crippen LogP contribution >= 0.6 is 11.6 Å². The fraction of sp³-hybridized carbons (Fsp3) is 0.714. The second-order valence-electron chi connectivity index (χ2n) is 3.31. The summed E-state index contributed by atoms with van der Waals surface area (Å²) in [5.41, 5.74) is 3.52. The van der Waals surface area contributed by atoms with Gasteiger partial charge in [-0.1, -0.05) is 0 Å². The highest BCUT2D eigenvalue weighted by Crippen LogP contribution is 2.05. The highest BCUT2D eigenvalue weighted by atomic mass is 35.5. The summed E-state index contributed by atoms with van der Waals surface area (Å²) in [7, 11) is 0. The van der Waals surface area contributed by atoms with Crippen molar-refractivity contribution in [2.45, 2.75) is 26.4 Å². The monoisotopic (exact) mass is 208 g/mol. The van der Waals surface area contributed by atoms with Crippen molar-refractivity contribution in [3.05, 3.63) is 0 Å². The van der Waals surface area contributed by atoms with Crippen molar-refractivity contribution in [3.63, 3.8) is 0 Å². The van der Waals surface area contributed by atoms with Crippen LogP contribution in [-0.4, -0.2) is 23.5 Å². The van der Waals surface area contributed by atoms with Crippen molar-refractivity contribution in [3.8, 4) is 0 Å². The predicted octanol–water partition coefficient (Wildman–Crippen LogP) is 0.781. The van der Waals surface area contributed by atoms with E-state index in [-0.39, 0.29) is 5.88 Å². The molecular weight excluding hydrogens is 196 g/mol. The smallest absolute Gasteiger partial charge is 0.426 e. The topological polar surface area (TPSA) is 67.4 Å². The van der Waals surface area contributed by atoms with Crippen LogP contribution in [0, 0.1) is 0 Å². The van der Waals surface area contributed by atoms with Crippen LogP contribution in [0.15, 0.2) is 0 Å². The van der Waals surface area contributed by atoms with Gasteiger partial charge in [0.2, 0.25) is 0 Å². The molecule has 76 valence electrons. The highest BCUT2D eigenvalue weighted by Gasteiger charge is 2.15. The number of ether oxygens (including phenoxy) is 1. The largest absolute Gasteiger partial charge is 0.443 e. The number of carbonyl (C=O) groups excluding carboxylic acids is 2. The average molecular weight is 209 g/mol. The molecule has 0 spiro atoms. The summed E-state index contributed by atoms with van der Waals surface area (Å²) in [4.78, 5) is 21.5. The number of amides is 2. The Morgan fingerprint density at radius 2 is 1.85 bits per heavy atom. The van der Waals surface area contributed by atoms with Crippen LogP contribution in [0.2, 0.25) is 0 Å². The third kappa shape index (κ3) is 7.39. The van der Waals surface area contributed by atoms with E-state index in [1.807, 2.05) is 5.43 Å². The van der Waals surface area contributed by atoms with Crippen molar-refractivity contribution >= 4 is 23.6 Å². The SMILES string of the molecule is CC(C)(C)OC(=O)NNC(=O)CCl. The Labute approximate surface area is 81.7 Å². The molecule has 0 aliphatic rings. The summed E-state index contributed by atoms with van der Waals surface area (Å²) >= 11 is 5.16. The van der Waals surface area contributed by atoms with Gasteiger partial charge in [0.05, 0.1) is 0 Å². The van der Waals surface area contributed by atoms with E-state index in [0.717, 1.165) is 0 Å². The fourth-order valence-corrected chi connectivity index (χ4v) is 0.525. The molecule has 0 saturated carbocycles. The maximum absolute atomic E-state index is 10.9. The zero-order chi connectivity index (χ0) is 10.5. The first kappa shape index (κ1) is 12.0. The number of halogens is 1. The Bertz CT molecular complexity index is 200. The zero-order valence-corrected chi connectivity index (χ0v) is 8.57. The van der Waals surface area contributed by atoms with Gasteiger partial charge in [0.25, 0.3) is 5.91 Å². The quantitative estimate of drug-likeness (QED) is 0.494. The van der Waals surface area contributed by atoms with Crippen LogP contribution in [0.3, 0.4) is 0 Å². The lowest BCUT2D eigenvalue weighted by Gasteiger charge is -2.19. The van der Waals surface area contributed by atoms with Gasteiger partial charge in [-0.2, -0.15) is 0 Å². The molecule has 0 rings (SSSR count). The Balaban J connectivity index is 3.71. The van der Waals surface area contributed by atoms with Crippen molar-refractivity contribution in [2.75, 3.05) is 5.88 Å². The summed E-state index contributed by atoms with van der Waals surface area (Å²) < 4.78 is 4.82. The Morgan fingerprint density at radius 1 is 1.31 bits per heavy atom. The molecule has 0 aliphatic carbocycles. The van der Waals surface area contributed by atoms with Crippen LogP contribution in [0.1, 0.15) is 20.8 Å². The number of carbonyl (C=O) groups is 2. The van der Waals surface area contributed by atoms with Gasteiger partial charge < -0.3 is 4.74 Å². The molecule has 0 aliphatic heterocycles. The Hall–Kier alpha value is -0.970. The Kier molecular flexibility index (Phi) is 4.55. The van der Waals surface area contributed by atoms with Gasteiger partial charge in [0.1, 0.15) is 11.5 Å². The number of hydrogen-bond acceptors (Lipinski definition) is 3. The molecule has 0 aromatic carbocycles. The average Bonchev–Trinajstić information content (AvgIpc) is 1.97. The van der Waals surface area contributed by atoms with Crippen LogP contribution < -0.4 is 10.9 Å². The van der Waals surface area contributed by atoms with Gasteiger partial charge >= 0.3 is 6.09 Å². The molecule has 0 unspecified atom stereocenters. The maximum Gasteiger partial charge on any atom is 0.426 e. The van der Waals surface area contributed by atoms with Crippen molar-refractivity contribution < 1.29 is 14.3 Å². The first-order valence-corrected chi connectivity index (χ1v) is 4.22. The Morgan fingerprint density at radius 3 is 2.23 bits per heavy atom. The molecule has 0 fully saturated rings. The van der Waals surface area contributed by atoms with Gasteiger partial charge in [-0.05, 0) is 20.8 Å². The molecule has 0 atom stereocenters. The minimum atomic E-state index is -0.717. The number of alkyl halides is 1. The van der Waals surface area contributed by atoms with E-state index in [2.05, 4.69) is 5.43 Å². The van der Waals surface area contributed by atoms with Crippen molar-refractivity contribution in [1.82, 2.24) is 10.9 Å². The van der Waals surface area contributed by atoms with Crippen LogP contribution in [-0.2, 0) is 9.53 Å². The summed E-state index contributed by atoms with van der Waals surface area (Å²) in [6.07, 6.45) is -0.717. The fourth-order valence-electron chi connectivity index (χ4n) is 0.458. The minimum absolute atomic E-state index is 0.213. The molecule has 0 saturated heterocycles. The van der Waals surface area contributed by atoms with E-state index >= 15 is 0 Å². The zero-order valence-electron chi connectivity index (χ0n) is 7.81. The molecule has 0 aromatic rings. The van der Waals surface area contributed by atoms with Crippen LogP contribution in [0.25, 0.3) is 0 Å². The van der Waals surface area contributed by atoms with Crippen LogP contribution in [0.4, 0.5) is 4.79 Å². The van der Waals surface area contributed by atoms with Gasteiger partial charge in [0.15, 0.2) is 0 Å². The number of nitrogens with one attached hydrogen (secondary N) is 2. The van der Waals surface area contributed by atoms with Crippen molar-refractivity contribution in [1.29, 1.82) is 0 Å². The molecule has 0 radical (unpaired) electrons. The standard InChI is InChI=1S/C7H13ClN2O3/c1-7(2,3)13-6(12)10-9-5(11)4-8/h4H2,1-3H3,(H,9,11)(H,10,12). The summed E-state index contributed by atoms with van der Waals surface area (Å²) in [6, 6.07) is 0. The molecule has 0 aromatic heterocycles. The lowest BCUT2D eigenvalue weighted by atomic mass is 10.2. The molecule has 2 amide bonds. The third-order valence-electron chi connectivity index (χ3n) is 0.824. The summed E-state index contributed by atoms with van der Waals surface area (Å²) in [5, 5.41) is 0. The van der Waals surface area contributed by atoms with E-state index < -0.39 is 17.6 Å². The van der Waals surface area contributed by atoms with Gasteiger partial charge in [-0.3, -0.25) is 10.2 Å². The lowest BCUT2D eigenvalue weighted by Crippen LogP contribution is -2.44. The predicted molar refractivity (Wildman–Crippen MR) is 48.2 cm³/mol. The van der Waals surface area contributed by atoms with E-state index in [9.17, 15) is 9.59 Å². The molecule has 0 bridgehead atoms. The molecular formula is C7H13ClN2O3. The van der Waals surface area contributed by atoms with Gasteiger partial charge in [-0.15, -0.1) is 11.6 Å². The maximum atomic E-state index is 10.9. The normalized spacial score (nSPS) is 10.5. The van der Waals surface area contributed by atoms with Gasteiger partial charge in [0, 0.05) is 0 Å². The third-order valence-corrected chi connectivity index (χ3v) is 1.07. The number of hydrazine groups is 1. The first-order valence-electron chi connectivity index (χ1n) is 3.69. The second kappa shape index (κ2) is 4.91. The second-order valence-corrected chi connectivity index (χ2v) is 3.58. The highest BCUT2D eigenvalue weighted by molar-refractivity contribution is 6.27. The molecule has 5 nitrogen and oxygen atoms in total. The molecule has 6 heteroatoms. The molecule has 13 heavy (non-hydrogen) atoms. The van der Waals surface area contributed by atoms with E-state index in [4.69, 9.17) is 16.3 Å². The van der Waals surface area contributed by atoms with E-state index in [1.165, 1.54) is 0 Å². The summed E-state index contributed by atoms with van der Waals surface area (Å²) in [5.74, 6) is -0.706. The summed E-state index contributed by atoms with van der Waals surface area (Å²) in [6.45, 7) is 5.15. The van der Waals surface area contributed by atoms with E-state index in [1.54, 1.807) is 20.8 Å². The van der Waals surface area contributed by atoms with Crippen LogP contribution in [0.5, 0.6) is 0 Å². The number of hydrogen-bond donors (Lipinski definition) is 2. The lowest BCUT2D eigenvalue weighted by molar-refractivity contribution is -0.119. The van der Waals surface area contributed by atoms with Crippen molar-refractivity contribution in [2.24, 2.45) is 0 Å². The first-order chi connectivity index (χ1) is 5.85. The molecule has 2 N–H and O–H groups in total. The molecule has 0 heterocycles. The number of rotatable bonds is 1. The van der Waals surface area contributed by atoms with Gasteiger partial charge in [-0.25, -0.2) is 10.2 Å². The minimum Gasteiger partial charge on any atom is -0.443 e.